The molecule has 2 aliphatic heterocycles. The highest BCUT2D eigenvalue weighted by Crippen LogP contribution is 2.40. The first kappa shape index (κ1) is 23.7. The number of hydrogen-bond acceptors (Lipinski definition) is 7. The van der Waals surface area contributed by atoms with E-state index >= 15 is 0 Å². The molecule has 3 rings (SSSR count). The minimum atomic E-state index is -3.14. The summed E-state index contributed by atoms with van der Waals surface area (Å²) in [5.41, 5.74) is 0.387. The number of hydrogen-bond donors (Lipinski definition) is 0. The van der Waals surface area contributed by atoms with E-state index in [1.54, 1.807) is 17.0 Å². The SMILES string of the molecule is CCOc1cc(C(=O)N(C[C@@H]2CCCO2)[C@@H]2CCS(=O)(=O)C2)cc(OCC)c1OCC. The summed E-state index contributed by atoms with van der Waals surface area (Å²) in [7, 11) is -3.14. The second-order valence-corrected chi connectivity index (χ2v) is 9.98. The van der Waals surface area contributed by atoms with Gasteiger partial charge in [0.05, 0.1) is 37.4 Å². The van der Waals surface area contributed by atoms with Crippen LogP contribution < -0.4 is 14.2 Å². The lowest BCUT2D eigenvalue weighted by Crippen LogP contribution is -2.45. The first-order chi connectivity index (χ1) is 14.9. The smallest absolute Gasteiger partial charge is 0.254 e. The number of ether oxygens (including phenoxy) is 4. The van der Waals surface area contributed by atoms with Gasteiger partial charge >= 0.3 is 0 Å². The van der Waals surface area contributed by atoms with E-state index in [4.69, 9.17) is 18.9 Å². The number of rotatable bonds is 10. The molecular formula is C22H33NO7S. The minimum Gasteiger partial charge on any atom is -0.490 e. The van der Waals surface area contributed by atoms with Crippen molar-refractivity contribution in [2.45, 2.75) is 52.2 Å². The third-order valence-corrected chi connectivity index (χ3v) is 7.24. The van der Waals surface area contributed by atoms with Crippen molar-refractivity contribution >= 4 is 15.7 Å². The molecule has 31 heavy (non-hydrogen) atoms. The van der Waals surface area contributed by atoms with E-state index in [9.17, 15) is 13.2 Å². The molecule has 2 heterocycles. The average molecular weight is 456 g/mol. The molecule has 2 fully saturated rings. The summed E-state index contributed by atoms with van der Waals surface area (Å²) in [4.78, 5) is 15.3. The molecule has 1 amide bonds. The summed E-state index contributed by atoms with van der Waals surface area (Å²) in [5, 5.41) is 0. The molecule has 2 saturated heterocycles. The number of nitrogens with zero attached hydrogens (tertiary/aromatic N) is 1. The highest BCUT2D eigenvalue weighted by molar-refractivity contribution is 7.91. The number of sulfone groups is 1. The van der Waals surface area contributed by atoms with Crippen LogP contribution in [0.1, 0.15) is 50.4 Å². The zero-order valence-corrected chi connectivity index (χ0v) is 19.4. The third kappa shape index (κ3) is 5.83. The van der Waals surface area contributed by atoms with Gasteiger partial charge in [0.1, 0.15) is 0 Å². The monoisotopic (exact) mass is 455 g/mol. The highest BCUT2D eigenvalue weighted by atomic mass is 32.2. The van der Waals surface area contributed by atoms with Gasteiger partial charge in [-0.25, -0.2) is 8.42 Å². The lowest BCUT2D eigenvalue weighted by molar-refractivity contribution is 0.0440. The molecule has 2 aliphatic rings. The molecule has 0 unspecified atom stereocenters. The van der Waals surface area contributed by atoms with Crippen LogP contribution in [-0.4, -0.2) is 75.8 Å². The molecule has 9 heteroatoms. The lowest BCUT2D eigenvalue weighted by Gasteiger charge is -2.31. The maximum Gasteiger partial charge on any atom is 0.254 e. The predicted molar refractivity (Wildman–Crippen MR) is 117 cm³/mol. The van der Waals surface area contributed by atoms with E-state index in [0.29, 0.717) is 62.2 Å². The second-order valence-electron chi connectivity index (χ2n) is 7.75. The van der Waals surface area contributed by atoms with Crippen LogP contribution in [0.4, 0.5) is 0 Å². The largest absolute Gasteiger partial charge is 0.490 e. The predicted octanol–water partition coefficient (Wildman–Crippen LogP) is 2.69. The summed E-state index contributed by atoms with van der Waals surface area (Å²) >= 11 is 0. The normalized spacial score (nSPS) is 22.3. The molecular weight excluding hydrogens is 422 g/mol. The fourth-order valence-corrected chi connectivity index (χ4v) is 5.84. The van der Waals surface area contributed by atoms with Crippen LogP contribution in [0.15, 0.2) is 12.1 Å². The highest BCUT2D eigenvalue weighted by Gasteiger charge is 2.37. The summed E-state index contributed by atoms with van der Waals surface area (Å²) in [6.45, 7) is 7.87. The minimum absolute atomic E-state index is 0.0148. The van der Waals surface area contributed by atoms with Crippen molar-refractivity contribution in [2.75, 3.05) is 44.5 Å². The van der Waals surface area contributed by atoms with Gasteiger partial charge in [-0.2, -0.15) is 0 Å². The lowest BCUT2D eigenvalue weighted by atomic mass is 10.1. The summed E-state index contributed by atoms with van der Waals surface area (Å²) < 4.78 is 47.2. The summed E-state index contributed by atoms with van der Waals surface area (Å²) in [5.74, 6) is 1.19. The Morgan fingerprint density at radius 3 is 2.19 bits per heavy atom. The van der Waals surface area contributed by atoms with Crippen LogP contribution in [0.2, 0.25) is 0 Å². The van der Waals surface area contributed by atoms with Gasteiger partial charge < -0.3 is 23.8 Å². The molecule has 1 aromatic rings. The number of carbonyl (C=O) groups excluding carboxylic acids is 1. The van der Waals surface area contributed by atoms with Crippen molar-refractivity contribution in [3.05, 3.63) is 17.7 Å². The first-order valence-corrected chi connectivity index (χ1v) is 12.9. The van der Waals surface area contributed by atoms with E-state index in [2.05, 4.69) is 0 Å². The molecule has 0 bridgehead atoms. The Hall–Kier alpha value is -2.00. The zero-order chi connectivity index (χ0) is 22.4. The molecule has 0 aromatic heterocycles. The van der Waals surface area contributed by atoms with Gasteiger partial charge in [0, 0.05) is 24.8 Å². The first-order valence-electron chi connectivity index (χ1n) is 11.1. The van der Waals surface area contributed by atoms with Gasteiger partial charge in [-0.15, -0.1) is 0 Å². The second kappa shape index (κ2) is 10.5. The van der Waals surface area contributed by atoms with Gasteiger partial charge in [0.25, 0.3) is 5.91 Å². The summed E-state index contributed by atoms with van der Waals surface area (Å²) in [6.07, 6.45) is 2.17. The van der Waals surface area contributed by atoms with Crippen molar-refractivity contribution < 1.29 is 32.2 Å². The van der Waals surface area contributed by atoms with Crippen LogP contribution in [-0.2, 0) is 14.6 Å². The fourth-order valence-electron chi connectivity index (χ4n) is 4.10. The standard InChI is InChI=1S/C22H33NO7S/c1-4-27-19-12-16(13-20(28-5-2)21(19)29-6-3)22(24)23(14-18-8-7-10-30-18)17-9-11-31(25,26)15-17/h12-13,17-18H,4-11,14-15H2,1-3H3/t17-,18+/m1/s1. The van der Waals surface area contributed by atoms with Crippen molar-refractivity contribution in [3.63, 3.8) is 0 Å². The molecule has 0 N–H and O–H groups in total. The Kier molecular flexibility index (Phi) is 8.05. The zero-order valence-electron chi connectivity index (χ0n) is 18.6. The van der Waals surface area contributed by atoms with E-state index in [0.717, 1.165) is 12.8 Å². The van der Waals surface area contributed by atoms with Gasteiger partial charge in [-0.3, -0.25) is 4.79 Å². The molecule has 0 saturated carbocycles. The van der Waals surface area contributed by atoms with Crippen LogP contribution in [0.3, 0.4) is 0 Å². The molecule has 0 radical (unpaired) electrons. The van der Waals surface area contributed by atoms with E-state index < -0.39 is 9.84 Å². The number of carbonyl (C=O) groups is 1. The van der Waals surface area contributed by atoms with Gasteiger partial charge in [-0.05, 0) is 52.2 Å². The maximum atomic E-state index is 13.6. The van der Waals surface area contributed by atoms with Crippen LogP contribution in [0.25, 0.3) is 0 Å². The number of benzene rings is 1. The van der Waals surface area contributed by atoms with Gasteiger partial charge in [0.15, 0.2) is 21.3 Å². The molecule has 2 atom stereocenters. The van der Waals surface area contributed by atoms with Crippen LogP contribution >= 0.6 is 0 Å². The van der Waals surface area contributed by atoms with E-state index in [1.165, 1.54) is 0 Å². The molecule has 174 valence electrons. The van der Waals surface area contributed by atoms with Crippen molar-refractivity contribution in [3.8, 4) is 17.2 Å². The Balaban J connectivity index is 1.96. The van der Waals surface area contributed by atoms with Crippen molar-refractivity contribution in [1.29, 1.82) is 0 Å². The Morgan fingerprint density at radius 1 is 1.06 bits per heavy atom. The topological polar surface area (TPSA) is 91.4 Å². The van der Waals surface area contributed by atoms with Crippen molar-refractivity contribution in [2.24, 2.45) is 0 Å². The quantitative estimate of drug-likeness (QED) is 0.536. The average Bonchev–Trinajstić information content (AvgIpc) is 3.37. The van der Waals surface area contributed by atoms with E-state index in [-0.39, 0.29) is 29.6 Å². The molecule has 0 aliphatic carbocycles. The van der Waals surface area contributed by atoms with Crippen LogP contribution in [0.5, 0.6) is 17.2 Å². The summed E-state index contributed by atoms with van der Waals surface area (Å²) in [6, 6.07) is 2.95. The maximum absolute atomic E-state index is 13.6. The Labute approximate surface area is 184 Å². The molecule has 8 nitrogen and oxygen atoms in total. The Bertz CT molecular complexity index is 838. The number of amides is 1. The van der Waals surface area contributed by atoms with Gasteiger partial charge in [-0.1, -0.05) is 0 Å². The molecule has 1 aromatic carbocycles. The van der Waals surface area contributed by atoms with E-state index in [1.807, 2.05) is 20.8 Å². The van der Waals surface area contributed by atoms with Gasteiger partial charge in [0.2, 0.25) is 5.75 Å². The molecule has 0 spiro atoms. The van der Waals surface area contributed by atoms with Crippen LogP contribution in [0, 0.1) is 0 Å². The Morgan fingerprint density at radius 2 is 1.71 bits per heavy atom. The fraction of sp³-hybridized carbons (Fsp3) is 0.682. The van der Waals surface area contributed by atoms with Crippen molar-refractivity contribution in [1.82, 2.24) is 4.90 Å². The third-order valence-electron chi connectivity index (χ3n) is 5.49.